The Balaban J connectivity index is 1.45. The minimum Gasteiger partial charge on any atom is -0.497 e. The molecule has 4 rings (SSSR count). The van der Waals surface area contributed by atoms with E-state index in [2.05, 4.69) is 22.8 Å². The maximum absolute atomic E-state index is 12.9. The highest BCUT2D eigenvalue weighted by Gasteiger charge is 2.25. The lowest BCUT2D eigenvalue weighted by atomic mass is 10.2. The van der Waals surface area contributed by atoms with Gasteiger partial charge < -0.3 is 14.4 Å². The van der Waals surface area contributed by atoms with E-state index in [0.717, 1.165) is 24.4 Å². The molecule has 1 unspecified atom stereocenters. The van der Waals surface area contributed by atoms with Crippen molar-refractivity contribution in [1.29, 1.82) is 0 Å². The molecule has 166 valence electrons. The van der Waals surface area contributed by atoms with E-state index >= 15 is 0 Å². The summed E-state index contributed by atoms with van der Waals surface area (Å²) in [5.74, 6) is 2.43. The van der Waals surface area contributed by atoms with Crippen molar-refractivity contribution >= 4 is 23.4 Å². The number of ether oxygens (including phenoxy) is 2. The van der Waals surface area contributed by atoms with E-state index < -0.39 is 0 Å². The molecule has 32 heavy (non-hydrogen) atoms. The number of hydrogen-bond donors (Lipinski definition) is 0. The standard InChI is InChI=1S/C24H26N4O3S/c1-4-13-28-23(17(2)31-20-10-7-9-19(15-20)30-3)25-26-24(28)32-16-22(29)27-14-12-18-8-5-6-11-21(18)27/h4-11,15,17H,1,12-14,16H2,2-3H3. The van der Waals surface area contributed by atoms with Gasteiger partial charge in [-0.1, -0.05) is 42.1 Å². The van der Waals surface area contributed by atoms with Gasteiger partial charge in [0.1, 0.15) is 11.5 Å². The molecule has 2 heterocycles. The highest BCUT2D eigenvalue weighted by Crippen LogP contribution is 2.30. The summed E-state index contributed by atoms with van der Waals surface area (Å²) < 4.78 is 13.3. The van der Waals surface area contributed by atoms with Crippen LogP contribution in [-0.4, -0.2) is 40.1 Å². The van der Waals surface area contributed by atoms with Crippen molar-refractivity contribution in [3.05, 3.63) is 72.6 Å². The van der Waals surface area contributed by atoms with Crippen LogP contribution in [0.3, 0.4) is 0 Å². The lowest BCUT2D eigenvalue weighted by molar-refractivity contribution is -0.116. The van der Waals surface area contributed by atoms with Crippen LogP contribution in [0.4, 0.5) is 5.69 Å². The predicted molar refractivity (Wildman–Crippen MR) is 125 cm³/mol. The van der Waals surface area contributed by atoms with Crippen LogP contribution in [0.25, 0.3) is 0 Å². The van der Waals surface area contributed by atoms with E-state index in [9.17, 15) is 4.79 Å². The summed E-state index contributed by atoms with van der Waals surface area (Å²) in [5.41, 5.74) is 2.22. The van der Waals surface area contributed by atoms with Crippen LogP contribution in [0.5, 0.6) is 11.5 Å². The number of hydrogen-bond acceptors (Lipinski definition) is 6. The van der Waals surface area contributed by atoms with E-state index in [0.29, 0.717) is 23.3 Å². The van der Waals surface area contributed by atoms with E-state index in [4.69, 9.17) is 9.47 Å². The summed E-state index contributed by atoms with van der Waals surface area (Å²) >= 11 is 1.38. The van der Waals surface area contributed by atoms with E-state index in [1.54, 1.807) is 13.2 Å². The molecule has 0 N–H and O–H groups in total. The number of carbonyl (C=O) groups is 1. The van der Waals surface area contributed by atoms with E-state index in [1.165, 1.54) is 17.3 Å². The second-order valence-corrected chi connectivity index (χ2v) is 8.33. The summed E-state index contributed by atoms with van der Waals surface area (Å²) in [6.45, 7) is 7.01. The SMILES string of the molecule is C=CCn1c(SCC(=O)N2CCc3ccccc32)nnc1C(C)Oc1cccc(OC)c1. The number of methoxy groups -OCH3 is 1. The van der Waals surface area contributed by atoms with Crippen LogP contribution < -0.4 is 14.4 Å². The number of aromatic nitrogens is 3. The second-order valence-electron chi connectivity index (χ2n) is 7.39. The highest BCUT2D eigenvalue weighted by molar-refractivity contribution is 7.99. The Morgan fingerprint density at radius 1 is 1.22 bits per heavy atom. The molecule has 0 aliphatic carbocycles. The number of carbonyl (C=O) groups excluding carboxylic acids is 1. The molecule has 8 heteroatoms. The summed E-state index contributed by atoms with van der Waals surface area (Å²) in [6.07, 6.45) is 2.33. The number of para-hydroxylation sites is 1. The first-order chi connectivity index (χ1) is 15.6. The largest absolute Gasteiger partial charge is 0.497 e. The summed E-state index contributed by atoms with van der Waals surface area (Å²) in [5, 5.41) is 9.34. The molecule has 1 aromatic heterocycles. The number of amides is 1. The topological polar surface area (TPSA) is 69.5 Å². The van der Waals surface area contributed by atoms with Gasteiger partial charge in [-0.25, -0.2) is 0 Å². The van der Waals surface area contributed by atoms with Crippen molar-refractivity contribution < 1.29 is 14.3 Å². The molecule has 1 atom stereocenters. The number of anilines is 1. The third-order valence-corrected chi connectivity index (χ3v) is 6.24. The Bertz CT molecular complexity index is 1110. The molecule has 0 bridgehead atoms. The third kappa shape index (κ3) is 4.65. The van der Waals surface area contributed by atoms with Crippen molar-refractivity contribution in [3.8, 4) is 11.5 Å². The van der Waals surface area contributed by atoms with Crippen molar-refractivity contribution in [3.63, 3.8) is 0 Å². The highest BCUT2D eigenvalue weighted by atomic mass is 32.2. The number of benzene rings is 2. The Morgan fingerprint density at radius 2 is 2.03 bits per heavy atom. The summed E-state index contributed by atoms with van der Waals surface area (Å²) in [7, 11) is 1.62. The number of allylic oxidation sites excluding steroid dienone is 1. The van der Waals surface area contributed by atoms with Gasteiger partial charge in [-0.05, 0) is 37.1 Å². The first kappa shape index (κ1) is 22.0. The van der Waals surface area contributed by atoms with Gasteiger partial charge in [0.25, 0.3) is 0 Å². The quantitative estimate of drug-likeness (QED) is 0.358. The molecule has 2 aromatic carbocycles. The van der Waals surface area contributed by atoms with E-state index in [-0.39, 0.29) is 17.8 Å². The van der Waals surface area contributed by atoms with Gasteiger partial charge in [-0.3, -0.25) is 9.36 Å². The van der Waals surface area contributed by atoms with Gasteiger partial charge in [0.2, 0.25) is 5.91 Å². The maximum Gasteiger partial charge on any atom is 0.237 e. The lowest BCUT2D eigenvalue weighted by Crippen LogP contribution is -2.30. The minimum atomic E-state index is -0.343. The molecule has 0 fully saturated rings. The van der Waals surface area contributed by atoms with Gasteiger partial charge in [-0.15, -0.1) is 16.8 Å². The Morgan fingerprint density at radius 3 is 2.84 bits per heavy atom. The minimum absolute atomic E-state index is 0.0651. The van der Waals surface area contributed by atoms with E-state index in [1.807, 2.05) is 58.9 Å². The van der Waals surface area contributed by atoms with Crippen LogP contribution in [0.2, 0.25) is 0 Å². The molecule has 1 amide bonds. The molecule has 0 saturated carbocycles. The Hall–Kier alpha value is -3.26. The zero-order chi connectivity index (χ0) is 22.5. The van der Waals surface area contributed by atoms with Crippen molar-refractivity contribution in [2.45, 2.75) is 31.1 Å². The summed E-state index contributed by atoms with van der Waals surface area (Å²) in [6, 6.07) is 15.5. The van der Waals surface area contributed by atoms with Crippen molar-refractivity contribution in [1.82, 2.24) is 14.8 Å². The van der Waals surface area contributed by atoms with Crippen LogP contribution in [0.15, 0.2) is 66.3 Å². The molecule has 1 aliphatic heterocycles. The van der Waals surface area contributed by atoms with Gasteiger partial charge in [0.15, 0.2) is 17.1 Å². The fraction of sp³-hybridized carbons (Fsp3) is 0.292. The number of rotatable bonds is 9. The molecule has 0 spiro atoms. The fourth-order valence-corrected chi connectivity index (χ4v) is 4.57. The Labute approximate surface area is 192 Å². The number of thioether (sulfide) groups is 1. The lowest BCUT2D eigenvalue weighted by Gasteiger charge is -2.18. The van der Waals surface area contributed by atoms with Gasteiger partial charge in [0, 0.05) is 24.8 Å². The van der Waals surface area contributed by atoms with Gasteiger partial charge >= 0.3 is 0 Å². The average molecular weight is 451 g/mol. The molecule has 0 saturated heterocycles. The smallest absolute Gasteiger partial charge is 0.237 e. The molecule has 1 aliphatic rings. The normalized spacial score (nSPS) is 13.5. The molecule has 7 nitrogen and oxygen atoms in total. The van der Waals surface area contributed by atoms with Crippen LogP contribution in [0.1, 0.15) is 24.4 Å². The maximum atomic E-state index is 12.9. The van der Waals surface area contributed by atoms with Crippen molar-refractivity contribution in [2.75, 3.05) is 24.3 Å². The second kappa shape index (κ2) is 9.91. The zero-order valence-electron chi connectivity index (χ0n) is 18.2. The Kier molecular flexibility index (Phi) is 6.80. The zero-order valence-corrected chi connectivity index (χ0v) is 19.0. The first-order valence-electron chi connectivity index (χ1n) is 10.5. The van der Waals surface area contributed by atoms with Gasteiger partial charge in [0.05, 0.1) is 12.9 Å². The third-order valence-electron chi connectivity index (χ3n) is 5.29. The van der Waals surface area contributed by atoms with Crippen LogP contribution in [0, 0.1) is 0 Å². The molecule has 0 radical (unpaired) electrons. The average Bonchev–Trinajstić information content (AvgIpc) is 3.42. The molecule has 3 aromatic rings. The first-order valence-corrected chi connectivity index (χ1v) is 11.4. The number of fused-ring (bicyclic) bond motifs is 1. The number of nitrogens with zero attached hydrogens (tertiary/aromatic N) is 4. The summed E-state index contributed by atoms with van der Waals surface area (Å²) in [4.78, 5) is 14.7. The van der Waals surface area contributed by atoms with Gasteiger partial charge in [-0.2, -0.15) is 0 Å². The molecular weight excluding hydrogens is 424 g/mol. The monoisotopic (exact) mass is 450 g/mol. The fourth-order valence-electron chi connectivity index (χ4n) is 3.74. The van der Waals surface area contributed by atoms with Crippen LogP contribution in [-0.2, 0) is 17.8 Å². The predicted octanol–water partition coefficient (Wildman–Crippen LogP) is 4.29. The van der Waals surface area contributed by atoms with Crippen molar-refractivity contribution in [2.24, 2.45) is 0 Å². The van der Waals surface area contributed by atoms with Crippen LogP contribution >= 0.6 is 11.8 Å². The molecular formula is C24H26N4O3S.